The Balaban J connectivity index is 1.90. The Hall–Kier alpha value is -3.50. The number of nitrogens with one attached hydrogen (secondary N) is 1. The van der Waals surface area contributed by atoms with Crippen molar-refractivity contribution >= 4 is 17.3 Å². The number of hydrogen-bond donors (Lipinski definition) is 2. The molecular weight excluding hydrogens is 402 g/mol. The molecule has 0 radical (unpaired) electrons. The molecule has 3 N–H and O–H groups in total. The van der Waals surface area contributed by atoms with Crippen molar-refractivity contribution < 1.29 is 31.1 Å². The monoisotopic (exact) mass is 414 g/mol. The highest BCUT2D eigenvalue weighted by molar-refractivity contribution is 6.07. The van der Waals surface area contributed by atoms with Crippen molar-refractivity contribution in [2.75, 3.05) is 11.1 Å². The molecule has 0 aliphatic rings. The number of anilines is 2. The summed E-state index contributed by atoms with van der Waals surface area (Å²) in [6.45, 7) is 0. The van der Waals surface area contributed by atoms with Crippen LogP contribution in [-0.4, -0.2) is 15.7 Å². The van der Waals surface area contributed by atoms with Gasteiger partial charge in [-0.05, 0) is 36.4 Å². The standard InChI is InChI=1S/C18H12F6N4O/c19-17(20,21)14-9-15(18(22,23)24)28(27-14)11-7-5-10(6-8-11)26-16(29)12-3-1-2-4-13(12)25/h1-9H,25H2,(H,26,29). The summed E-state index contributed by atoms with van der Waals surface area (Å²) in [4.78, 5) is 12.2. The second kappa shape index (κ2) is 7.15. The van der Waals surface area contributed by atoms with Crippen molar-refractivity contribution in [2.24, 2.45) is 0 Å². The lowest BCUT2D eigenvalue weighted by molar-refractivity contribution is -0.143. The molecule has 0 atom stereocenters. The van der Waals surface area contributed by atoms with E-state index in [0.717, 1.165) is 12.1 Å². The molecule has 3 aromatic rings. The lowest BCUT2D eigenvalue weighted by Gasteiger charge is -2.11. The minimum Gasteiger partial charge on any atom is -0.398 e. The number of aromatic nitrogens is 2. The highest BCUT2D eigenvalue weighted by Crippen LogP contribution is 2.36. The number of benzene rings is 2. The summed E-state index contributed by atoms with van der Waals surface area (Å²) >= 11 is 0. The molecule has 29 heavy (non-hydrogen) atoms. The van der Waals surface area contributed by atoms with Gasteiger partial charge in [0.25, 0.3) is 5.91 Å². The fourth-order valence-corrected chi connectivity index (χ4v) is 2.51. The number of hydrogen-bond acceptors (Lipinski definition) is 3. The number of carbonyl (C=O) groups excluding carboxylic acids is 1. The molecule has 1 heterocycles. The molecule has 0 aliphatic carbocycles. The fourth-order valence-electron chi connectivity index (χ4n) is 2.51. The van der Waals surface area contributed by atoms with E-state index in [9.17, 15) is 31.1 Å². The highest BCUT2D eigenvalue weighted by Gasteiger charge is 2.42. The van der Waals surface area contributed by atoms with Gasteiger partial charge in [-0.25, -0.2) is 4.68 Å². The normalized spacial score (nSPS) is 12.1. The second-order valence-electron chi connectivity index (χ2n) is 5.91. The van der Waals surface area contributed by atoms with Crippen molar-refractivity contribution in [3.05, 3.63) is 71.5 Å². The third-order valence-electron chi connectivity index (χ3n) is 3.87. The van der Waals surface area contributed by atoms with E-state index in [2.05, 4.69) is 10.4 Å². The Morgan fingerprint density at radius 3 is 2.10 bits per heavy atom. The zero-order valence-electron chi connectivity index (χ0n) is 14.3. The Morgan fingerprint density at radius 2 is 1.55 bits per heavy atom. The van der Waals surface area contributed by atoms with E-state index >= 15 is 0 Å². The third-order valence-corrected chi connectivity index (χ3v) is 3.87. The first-order chi connectivity index (χ1) is 13.5. The van der Waals surface area contributed by atoms with Crippen LogP contribution in [-0.2, 0) is 12.4 Å². The smallest absolute Gasteiger partial charge is 0.398 e. The molecule has 5 nitrogen and oxygen atoms in total. The van der Waals surface area contributed by atoms with Gasteiger partial charge in [-0.1, -0.05) is 12.1 Å². The van der Waals surface area contributed by atoms with Crippen molar-refractivity contribution in [2.45, 2.75) is 12.4 Å². The van der Waals surface area contributed by atoms with Gasteiger partial charge >= 0.3 is 12.4 Å². The average molecular weight is 414 g/mol. The number of carbonyl (C=O) groups is 1. The fraction of sp³-hybridized carbons (Fsp3) is 0.111. The molecule has 0 saturated carbocycles. The highest BCUT2D eigenvalue weighted by atomic mass is 19.4. The predicted octanol–water partition coefficient (Wildman–Crippen LogP) is 4.74. The summed E-state index contributed by atoms with van der Waals surface area (Å²) in [7, 11) is 0. The summed E-state index contributed by atoms with van der Waals surface area (Å²) in [5.74, 6) is -0.551. The van der Waals surface area contributed by atoms with Crippen LogP contribution in [0.25, 0.3) is 5.69 Å². The van der Waals surface area contributed by atoms with Crippen LogP contribution in [0.2, 0.25) is 0 Å². The maximum atomic E-state index is 13.1. The molecule has 152 valence electrons. The van der Waals surface area contributed by atoms with Crippen LogP contribution < -0.4 is 11.1 Å². The largest absolute Gasteiger partial charge is 0.435 e. The van der Waals surface area contributed by atoms with Gasteiger partial charge in [-0.3, -0.25) is 4.79 Å². The lowest BCUT2D eigenvalue weighted by Crippen LogP contribution is -2.15. The Kier molecular flexibility index (Phi) is 4.99. The zero-order valence-corrected chi connectivity index (χ0v) is 14.3. The van der Waals surface area contributed by atoms with Crippen LogP contribution >= 0.6 is 0 Å². The van der Waals surface area contributed by atoms with Crippen LogP contribution in [0.3, 0.4) is 0 Å². The van der Waals surface area contributed by atoms with Crippen LogP contribution in [0, 0.1) is 0 Å². The molecule has 0 bridgehead atoms. The minimum atomic E-state index is -5.05. The first-order valence-corrected chi connectivity index (χ1v) is 7.97. The Labute approximate surface area is 159 Å². The van der Waals surface area contributed by atoms with Gasteiger partial charge in [0.1, 0.15) is 5.69 Å². The second-order valence-corrected chi connectivity index (χ2v) is 5.91. The molecular formula is C18H12F6N4O. The first-order valence-electron chi connectivity index (χ1n) is 7.97. The number of nitrogens with zero attached hydrogens (tertiary/aromatic N) is 2. The molecule has 0 unspecified atom stereocenters. The van der Waals surface area contributed by atoms with Crippen LogP contribution in [0.1, 0.15) is 21.7 Å². The Morgan fingerprint density at radius 1 is 0.931 bits per heavy atom. The quantitative estimate of drug-likeness (QED) is 0.480. The maximum absolute atomic E-state index is 13.1. The van der Waals surface area contributed by atoms with Crippen LogP contribution in [0.4, 0.5) is 37.7 Å². The summed E-state index contributed by atoms with van der Waals surface area (Å²) in [6.07, 6.45) is -10.1. The molecule has 11 heteroatoms. The van der Waals surface area contributed by atoms with Gasteiger partial charge < -0.3 is 11.1 Å². The topological polar surface area (TPSA) is 72.9 Å². The number of amides is 1. The van der Waals surface area contributed by atoms with Gasteiger partial charge in [0.2, 0.25) is 0 Å². The molecule has 1 amide bonds. The summed E-state index contributed by atoms with van der Waals surface area (Å²) in [5, 5.41) is 5.54. The Bertz CT molecular complexity index is 1040. The predicted molar refractivity (Wildman–Crippen MR) is 92.4 cm³/mol. The number of rotatable bonds is 3. The number of para-hydroxylation sites is 1. The molecule has 2 aromatic carbocycles. The van der Waals surface area contributed by atoms with Crippen LogP contribution in [0.5, 0.6) is 0 Å². The molecule has 0 aliphatic heterocycles. The van der Waals surface area contributed by atoms with Gasteiger partial charge in [-0.15, -0.1) is 0 Å². The minimum absolute atomic E-state index is 0.0616. The number of alkyl halides is 6. The summed E-state index contributed by atoms with van der Waals surface area (Å²) < 4.78 is 77.9. The maximum Gasteiger partial charge on any atom is 0.435 e. The molecule has 0 spiro atoms. The van der Waals surface area contributed by atoms with E-state index in [4.69, 9.17) is 5.73 Å². The molecule has 3 rings (SSSR count). The summed E-state index contributed by atoms with van der Waals surface area (Å²) in [6, 6.07) is 10.9. The average Bonchev–Trinajstić information content (AvgIpc) is 3.09. The van der Waals surface area contributed by atoms with Crippen molar-refractivity contribution in [1.29, 1.82) is 0 Å². The van der Waals surface area contributed by atoms with E-state index < -0.39 is 29.6 Å². The molecule has 0 fully saturated rings. The van der Waals surface area contributed by atoms with E-state index in [1.165, 1.54) is 24.3 Å². The van der Waals surface area contributed by atoms with E-state index in [-0.39, 0.29) is 33.4 Å². The van der Waals surface area contributed by atoms with Crippen LogP contribution in [0.15, 0.2) is 54.6 Å². The zero-order chi connectivity index (χ0) is 21.4. The van der Waals surface area contributed by atoms with E-state index in [1.54, 1.807) is 12.1 Å². The molecule has 0 saturated heterocycles. The third kappa shape index (κ3) is 4.33. The van der Waals surface area contributed by atoms with Gasteiger partial charge in [0.15, 0.2) is 5.69 Å². The van der Waals surface area contributed by atoms with Crippen molar-refractivity contribution in [3.8, 4) is 5.69 Å². The van der Waals surface area contributed by atoms with E-state index in [0.29, 0.717) is 0 Å². The van der Waals surface area contributed by atoms with Crippen molar-refractivity contribution in [1.82, 2.24) is 9.78 Å². The first kappa shape index (κ1) is 20.2. The number of nitrogen functional groups attached to an aromatic ring is 1. The van der Waals surface area contributed by atoms with E-state index in [1.807, 2.05) is 0 Å². The van der Waals surface area contributed by atoms with Gasteiger partial charge in [0.05, 0.1) is 11.3 Å². The SMILES string of the molecule is Nc1ccccc1C(=O)Nc1ccc(-n2nc(C(F)(F)F)cc2C(F)(F)F)cc1. The molecule has 1 aromatic heterocycles. The van der Waals surface area contributed by atoms with Crippen molar-refractivity contribution in [3.63, 3.8) is 0 Å². The summed E-state index contributed by atoms with van der Waals surface area (Å²) in [5.41, 5.74) is 2.83. The number of nitrogens with two attached hydrogens (primary N) is 1. The van der Waals surface area contributed by atoms with Gasteiger partial charge in [0, 0.05) is 17.4 Å². The van der Waals surface area contributed by atoms with Gasteiger partial charge in [-0.2, -0.15) is 31.4 Å². The number of halogens is 6. The lowest BCUT2D eigenvalue weighted by atomic mass is 10.1.